The summed E-state index contributed by atoms with van der Waals surface area (Å²) >= 11 is 6.27. The first kappa shape index (κ1) is 9.35. The van der Waals surface area contributed by atoms with E-state index in [1.807, 2.05) is 0 Å². The lowest BCUT2D eigenvalue weighted by atomic mass is 10.4. The van der Waals surface area contributed by atoms with Crippen LogP contribution >= 0.6 is 23.6 Å². The number of aryl methyl sites for hydroxylation is 1. The van der Waals surface area contributed by atoms with E-state index in [2.05, 4.69) is 14.9 Å². The van der Waals surface area contributed by atoms with Crippen LogP contribution in [0.3, 0.4) is 0 Å². The molecule has 2 rings (SSSR count). The van der Waals surface area contributed by atoms with Crippen molar-refractivity contribution in [3.05, 3.63) is 15.3 Å². The lowest BCUT2D eigenvalue weighted by Crippen LogP contribution is -2.01. The van der Waals surface area contributed by atoms with E-state index < -0.39 is 0 Å². The number of thiazole rings is 1. The van der Waals surface area contributed by atoms with Crippen LogP contribution in [-0.4, -0.2) is 27.7 Å². The smallest absolute Gasteiger partial charge is 0.349 e. The molecule has 2 aromatic heterocycles. The van der Waals surface area contributed by atoms with Gasteiger partial charge in [0.1, 0.15) is 4.88 Å². The Bertz CT molecular complexity index is 551. The number of carbonyl (C=O) groups is 1. The zero-order valence-corrected chi connectivity index (χ0v) is 9.16. The number of aromatic nitrogens is 3. The fourth-order valence-electron chi connectivity index (χ4n) is 1.20. The number of fused-ring (bicyclic) bond motifs is 1. The Labute approximate surface area is 88.3 Å². The van der Waals surface area contributed by atoms with Crippen LogP contribution in [0.2, 0.25) is 0 Å². The summed E-state index contributed by atoms with van der Waals surface area (Å²) in [5.74, 6) is -0.354. The molecule has 0 radical (unpaired) electrons. The third kappa shape index (κ3) is 1.17. The normalized spacial score (nSPS) is 10.7. The molecule has 2 aromatic rings. The largest absolute Gasteiger partial charge is 0.465 e. The fourth-order valence-corrected chi connectivity index (χ4v) is 2.52. The molecule has 0 bridgehead atoms. The van der Waals surface area contributed by atoms with Crippen LogP contribution in [0.4, 0.5) is 0 Å². The van der Waals surface area contributed by atoms with Gasteiger partial charge in [-0.2, -0.15) is 0 Å². The van der Waals surface area contributed by atoms with Crippen molar-refractivity contribution in [3.8, 4) is 0 Å². The number of esters is 1. The quantitative estimate of drug-likeness (QED) is 0.595. The van der Waals surface area contributed by atoms with E-state index in [4.69, 9.17) is 12.2 Å². The second-order valence-corrected chi connectivity index (χ2v) is 4.02. The summed E-state index contributed by atoms with van der Waals surface area (Å²) in [6.07, 6.45) is 0. The van der Waals surface area contributed by atoms with Gasteiger partial charge in [0, 0.05) is 5.69 Å². The molecule has 0 aliphatic carbocycles. The van der Waals surface area contributed by atoms with Gasteiger partial charge >= 0.3 is 5.97 Å². The van der Waals surface area contributed by atoms with Crippen molar-refractivity contribution >= 4 is 34.5 Å². The Kier molecular flexibility index (Phi) is 2.12. The molecule has 0 fully saturated rings. The van der Waals surface area contributed by atoms with Gasteiger partial charge in [-0.25, -0.2) is 4.79 Å². The Morgan fingerprint density at radius 3 is 3.00 bits per heavy atom. The first-order chi connectivity index (χ1) is 6.65. The summed E-state index contributed by atoms with van der Waals surface area (Å²) in [4.78, 5) is 12.5. The molecule has 74 valence electrons. The Balaban J connectivity index is 2.75. The van der Waals surface area contributed by atoms with Crippen molar-refractivity contribution in [2.75, 3.05) is 7.11 Å². The highest BCUT2D eigenvalue weighted by molar-refractivity contribution is 7.71. The summed E-state index contributed by atoms with van der Waals surface area (Å²) < 4.78 is 6.85. The van der Waals surface area contributed by atoms with Crippen molar-refractivity contribution in [3.63, 3.8) is 0 Å². The summed E-state index contributed by atoms with van der Waals surface area (Å²) in [7, 11) is 1.35. The van der Waals surface area contributed by atoms with Gasteiger partial charge < -0.3 is 4.74 Å². The molecular weight excluding hydrogens is 222 g/mol. The number of carbonyl (C=O) groups excluding carboxylic acids is 1. The van der Waals surface area contributed by atoms with E-state index in [9.17, 15) is 4.79 Å². The molecule has 0 unspecified atom stereocenters. The molecule has 5 nitrogen and oxygen atoms in total. The number of aromatic amines is 1. The van der Waals surface area contributed by atoms with Crippen LogP contribution in [0.25, 0.3) is 4.96 Å². The second kappa shape index (κ2) is 3.18. The molecule has 0 aliphatic rings. The van der Waals surface area contributed by atoms with Crippen LogP contribution in [0.15, 0.2) is 0 Å². The number of rotatable bonds is 1. The number of hydrogen-bond acceptors (Lipinski definition) is 5. The summed E-state index contributed by atoms with van der Waals surface area (Å²) in [6.45, 7) is 1.81. The molecule has 0 saturated heterocycles. The molecule has 0 saturated carbocycles. The minimum atomic E-state index is -0.354. The summed E-state index contributed by atoms with van der Waals surface area (Å²) in [5.41, 5.74) is 0.760. The van der Waals surface area contributed by atoms with Crippen LogP contribution in [0.1, 0.15) is 15.4 Å². The molecule has 0 atom stereocenters. The van der Waals surface area contributed by atoms with E-state index >= 15 is 0 Å². The zero-order chi connectivity index (χ0) is 10.3. The third-order valence-corrected chi connectivity index (χ3v) is 3.27. The number of nitrogens with one attached hydrogen (secondary N) is 1. The molecule has 0 aromatic carbocycles. The molecule has 14 heavy (non-hydrogen) atoms. The molecule has 1 N–H and O–H groups in total. The van der Waals surface area contributed by atoms with Gasteiger partial charge in [0.25, 0.3) is 0 Å². The maximum atomic E-state index is 11.3. The predicted octanol–water partition coefficient (Wildman–Crippen LogP) is 1.55. The average molecular weight is 229 g/mol. The van der Waals surface area contributed by atoms with E-state index in [0.717, 1.165) is 5.69 Å². The molecule has 0 spiro atoms. The van der Waals surface area contributed by atoms with Gasteiger partial charge in [0.15, 0.2) is 0 Å². The van der Waals surface area contributed by atoms with Crippen LogP contribution in [-0.2, 0) is 4.74 Å². The van der Waals surface area contributed by atoms with Crippen molar-refractivity contribution < 1.29 is 9.53 Å². The zero-order valence-electron chi connectivity index (χ0n) is 7.53. The van der Waals surface area contributed by atoms with Crippen molar-refractivity contribution in [2.24, 2.45) is 0 Å². The lowest BCUT2D eigenvalue weighted by molar-refractivity contribution is 0.0605. The third-order valence-electron chi connectivity index (χ3n) is 1.87. The highest BCUT2D eigenvalue weighted by Gasteiger charge is 2.17. The van der Waals surface area contributed by atoms with Gasteiger partial charge in [-0.3, -0.25) is 9.50 Å². The lowest BCUT2D eigenvalue weighted by Gasteiger charge is -1.95. The summed E-state index contributed by atoms with van der Waals surface area (Å²) in [5, 5.41) is 6.63. The highest BCUT2D eigenvalue weighted by atomic mass is 32.1. The van der Waals surface area contributed by atoms with Gasteiger partial charge in [0.2, 0.25) is 9.73 Å². The SMILES string of the molecule is COC(=O)c1sc2n[nH]c(=S)n2c1C. The number of H-pyrrole nitrogens is 1. The van der Waals surface area contributed by atoms with Crippen molar-refractivity contribution in [2.45, 2.75) is 6.92 Å². The van der Waals surface area contributed by atoms with Crippen LogP contribution in [0, 0.1) is 11.7 Å². The monoisotopic (exact) mass is 229 g/mol. The fraction of sp³-hybridized carbons (Fsp3) is 0.286. The maximum Gasteiger partial charge on any atom is 0.349 e. The van der Waals surface area contributed by atoms with Gasteiger partial charge in [-0.15, -0.1) is 5.10 Å². The number of hydrogen-bond donors (Lipinski definition) is 1. The number of ether oxygens (including phenoxy) is 1. The second-order valence-electron chi connectivity index (χ2n) is 2.65. The van der Waals surface area contributed by atoms with E-state index in [0.29, 0.717) is 14.6 Å². The molecule has 7 heteroatoms. The predicted molar refractivity (Wildman–Crippen MR) is 54.3 cm³/mol. The number of methoxy groups -OCH3 is 1. The molecule has 2 heterocycles. The van der Waals surface area contributed by atoms with Crippen molar-refractivity contribution in [1.82, 2.24) is 14.6 Å². The van der Waals surface area contributed by atoms with Gasteiger partial charge in [0.05, 0.1) is 7.11 Å². The number of nitrogens with zero attached hydrogens (tertiary/aromatic N) is 2. The summed E-state index contributed by atoms with van der Waals surface area (Å²) in [6, 6.07) is 0. The highest BCUT2D eigenvalue weighted by Crippen LogP contribution is 2.22. The topological polar surface area (TPSA) is 59.4 Å². The van der Waals surface area contributed by atoms with Crippen molar-refractivity contribution in [1.29, 1.82) is 0 Å². The Hall–Kier alpha value is -1.21. The van der Waals surface area contributed by atoms with E-state index in [1.54, 1.807) is 11.3 Å². The average Bonchev–Trinajstić information content (AvgIpc) is 2.68. The molecular formula is C7H7N3O2S2. The first-order valence-corrected chi connectivity index (χ1v) is 5.02. The molecule has 0 aliphatic heterocycles. The first-order valence-electron chi connectivity index (χ1n) is 3.80. The maximum absolute atomic E-state index is 11.3. The minimum Gasteiger partial charge on any atom is -0.465 e. The Morgan fingerprint density at radius 1 is 1.71 bits per heavy atom. The molecule has 0 amide bonds. The minimum absolute atomic E-state index is 0.354. The van der Waals surface area contributed by atoms with Gasteiger partial charge in [-0.1, -0.05) is 11.3 Å². The Morgan fingerprint density at radius 2 is 2.43 bits per heavy atom. The van der Waals surface area contributed by atoms with E-state index in [1.165, 1.54) is 18.4 Å². The standard InChI is InChI=1S/C7H7N3O2S2/c1-3-4(5(11)12-2)14-7-9-8-6(13)10(3)7/h1-2H3,(H,8,13). The van der Waals surface area contributed by atoms with Crippen LogP contribution < -0.4 is 0 Å². The van der Waals surface area contributed by atoms with Gasteiger partial charge in [-0.05, 0) is 19.1 Å². The van der Waals surface area contributed by atoms with Crippen LogP contribution in [0.5, 0.6) is 0 Å². The van der Waals surface area contributed by atoms with E-state index in [-0.39, 0.29) is 5.97 Å².